The molecule has 0 atom stereocenters. The SMILES string of the molecule is CC(C)c1noc(-c2ccnc(N3CCN(Cc4nc(N)c5ccccc5n4)CC3)c2)n1. The number of hydrogen-bond acceptors (Lipinski definition) is 9. The molecule has 0 bridgehead atoms. The van der Waals surface area contributed by atoms with Gasteiger partial charge in [0.15, 0.2) is 5.82 Å². The standard InChI is InChI=1S/C23H26N8O/c1-15(2)22-28-23(32-29-22)16-7-8-25-20(13-16)31-11-9-30(10-12-31)14-19-26-18-6-4-3-5-17(18)21(24)27-19/h3-8,13,15H,9-12,14H2,1-2H3,(H2,24,26,27). The predicted octanol–water partition coefficient (Wildman–Crippen LogP) is 3.10. The molecule has 1 aliphatic heterocycles. The van der Waals surface area contributed by atoms with E-state index in [0.717, 1.165) is 54.3 Å². The fourth-order valence-electron chi connectivity index (χ4n) is 3.87. The monoisotopic (exact) mass is 430 g/mol. The fourth-order valence-corrected chi connectivity index (χ4v) is 3.87. The molecule has 0 spiro atoms. The van der Waals surface area contributed by atoms with Crippen molar-refractivity contribution in [1.82, 2.24) is 30.0 Å². The number of rotatable bonds is 5. The third-order valence-corrected chi connectivity index (χ3v) is 5.69. The summed E-state index contributed by atoms with van der Waals surface area (Å²) in [5, 5.41) is 4.96. The Bertz CT molecular complexity index is 1230. The van der Waals surface area contributed by atoms with Gasteiger partial charge in [-0.15, -0.1) is 0 Å². The molecule has 4 aromatic rings. The third kappa shape index (κ3) is 4.11. The summed E-state index contributed by atoms with van der Waals surface area (Å²) < 4.78 is 5.44. The van der Waals surface area contributed by atoms with E-state index in [1.54, 1.807) is 6.20 Å². The Hall–Kier alpha value is -3.59. The molecule has 0 radical (unpaired) electrons. The van der Waals surface area contributed by atoms with Crippen LogP contribution in [-0.2, 0) is 6.54 Å². The van der Waals surface area contributed by atoms with E-state index in [1.807, 2.05) is 50.2 Å². The first-order valence-corrected chi connectivity index (χ1v) is 10.9. The lowest BCUT2D eigenvalue weighted by atomic mass is 10.2. The molecule has 9 nitrogen and oxygen atoms in total. The quantitative estimate of drug-likeness (QED) is 0.510. The first-order chi connectivity index (χ1) is 15.6. The van der Waals surface area contributed by atoms with E-state index in [4.69, 9.17) is 10.3 Å². The van der Waals surface area contributed by atoms with Crippen molar-refractivity contribution in [1.29, 1.82) is 0 Å². The average molecular weight is 431 g/mol. The summed E-state index contributed by atoms with van der Waals surface area (Å²) in [6, 6.07) is 11.8. The lowest BCUT2D eigenvalue weighted by molar-refractivity contribution is 0.244. The van der Waals surface area contributed by atoms with Gasteiger partial charge in [-0.1, -0.05) is 31.1 Å². The van der Waals surface area contributed by atoms with Crippen LogP contribution in [0.15, 0.2) is 47.1 Å². The Morgan fingerprint density at radius 2 is 1.84 bits per heavy atom. The van der Waals surface area contributed by atoms with E-state index in [2.05, 4.69) is 34.9 Å². The van der Waals surface area contributed by atoms with Crippen molar-refractivity contribution >= 4 is 22.5 Å². The fraction of sp³-hybridized carbons (Fsp3) is 0.348. The molecule has 5 rings (SSSR count). The largest absolute Gasteiger partial charge is 0.383 e. The normalized spacial score (nSPS) is 15.0. The summed E-state index contributed by atoms with van der Waals surface area (Å²) >= 11 is 0. The smallest absolute Gasteiger partial charge is 0.258 e. The van der Waals surface area contributed by atoms with Crippen LogP contribution >= 0.6 is 0 Å². The Labute approximate surface area is 186 Å². The van der Waals surface area contributed by atoms with Crippen molar-refractivity contribution in [3.63, 3.8) is 0 Å². The molecule has 0 amide bonds. The molecule has 2 N–H and O–H groups in total. The van der Waals surface area contributed by atoms with Crippen molar-refractivity contribution in [3.8, 4) is 11.5 Å². The average Bonchev–Trinajstić information content (AvgIpc) is 3.31. The van der Waals surface area contributed by atoms with Crippen molar-refractivity contribution in [2.75, 3.05) is 36.8 Å². The maximum absolute atomic E-state index is 6.14. The molecule has 1 aromatic carbocycles. The van der Waals surface area contributed by atoms with Gasteiger partial charge < -0.3 is 15.2 Å². The van der Waals surface area contributed by atoms with Crippen LogP contribution in [-0.4, -0.2) is 56.2 Å². The zero-order valence-corrected chi connectivity index (χ0v) is 18.3. The lowest BCUT2D eigenvalue weighted by Crippen LogP contribution is -2.46. The van der Waals surface area contributed by atoms with E-state index < -0.39 is 0 Å². The lowest BCUT2D eigenvalue weighted by Gasteiger charge is -2.35. The first kappa shape index (κ1) is 20.3. The minimum Gasteiger partial charge on any atom is -0.383 e. The predicted molar refractivity (Wildman–Crippen MR) is 123 cm³/mol. The highest BCUT2D eigenvalue weighted by atomic mass is 16.5. The zero-order chi connectivity index (χ0) is 22.1. The number of anilines is 2. The number of pyridine rings is 1. The van der Waals surface area contributed by atoms with Crippen molar-refractivity contribution < 1.29 is 4.52 Å². The van der Waals surface area contributed by atoms with E-state index in [-0.39, 0.29) is 5.92 Å². The van der Waals surface area contributed by atoms with Gasteiger partial charge in [-0.2, -0.15) is 4.98 Å². The van der Waals surface area contributed by atoms with E-state index in [0.29, 0.717) is 24.1 Å². The first-order valence-electron chi connectivity index (χ1n) is 10.9. The van der Waals surface area contributed by atoms with E-state index >= 15 is 0 Å². The minimum absolute atomic E-state index is 0.226. The number of hydrogen-bond donors (Lipinski definition) is 1. The van der Waals surface area contributed by atoms with E-state index in [1.165, 1.54) is 0 Å². The molecule has 9 heteroatoms. The molecule has 0 saturated carbocycles. The minimum atomic E-state index is 0.226. The van der Waals surface area contributed by atoms with Gasteiger partial charge in [-0.25, -0.2) is 15.0 Å². The van der Waals surface area contributed by atoms with Gasteiger partial charge in [-0.05, 0) is 24.3 Å². The van der Waals surface area contributed by atoms with Crippen molar-refractivity contribution in [2.24, 2.45) is 0 Å². The molecule has 3 aromatic heterocycles. The van der Waals surface area contributed by atoms with Gasteiger partial charge >= 0.3 is 0 Å². The Balaban J connectivity index is 1.25. The summed E-state index contributed by atoms with van der Waals surface area (Å²) in [7, 11) is 0. The van der Waals surface area contributed by atoms with Crippen molar-refractivity contribution in [2.45, 2.75) is 26.3 Å². The van der Waals surface area contributed by atoms with Crippen LogP contribution < -0.4 is 10.6 Å². The molecule has 1 saturated heterocycles. The highest BCUT2D eigenvalue weighted by molar-refractivity contribution is 5.87. The molecule has 32 heavy (non-hydrogen) atoms. The second-order valence-corrected chi connectivity index (χ2v) is 8.32. The highest BCUT2D eigenvalue weighted by Crippen LogP contribution is 2.24. The summed E-state index contributed by atoms with van der Waals surface area (Å²) in [5.74, 6) is 3.67. The molecule has 0 aliphatic carbocycles. The van der Waals surface area contributed by atoms with Crippen LogP contribution in [0.25, 0.3) is 22.4 Å². The number of aromatic nitrogens is 5. The van der Waals surface area contributed by atoms with Crippen LogP contribution in [0.3, 0.4) is 0 Å². The van der Waals surface area contributed by atoms with Crippen molar-refractivity contribution in [3.05, 3.63) is 54.2 Å². The van der Waals surface area contributed by atoms with Gasteiger partial charge in [0.2, 0.25) is 0 Å². The summed E-state index contributed by atoms with van der Waals surface area (Å²) in [5.41, 5.74) is 7.91. The van der Waals surface area contributed by atoms with E-state index in [9.17, 15) is 0 Å². The molecule has 1 fully saturated rings. The van der Waals surface area contributed by atoms with Gasteiger partial charge in [0.25, 0.3) is 5.89 Å². The summed E-state index contributed by atoms with van der Waals surface area (Å²) in [4.78, 5) is 22.9. The number of nitrogens with two attached hydrogens (primary N) is 1. The Morgan fingerprint density at radius 3 is 2.62 bits per heavy atom. The number of fused-ring (bicyclic) bond motifs is 1. The molecule has 1 aliphatic rings. The topological polar surface area (TPSA) is 110 Å². The Kier molecular flexibility index (Phi) is 5.40. The number of piperazine rings is 1. The maximum atomic E-state index is 6.14. The second kappa shape index (κ2) is 8.51. The molecular formula is C23H26N8O. The second-order valence-electron chi connectivity index (χ2n) is 8.32. The Morgan fingerprint density at radius 1 is 1.03 bits per heavy atom. The summed E-state index contributed by atoms with van der Waals surface area (Å²) in [6.07, 6.45) is 1.79. The third-order valence-electron chi connectivity index (χ3n) is 5.69. The highest BCUT2D eigenvalue weighted by Gasteiger charge is 2.20. The van der Waals surface area contributed by atoms with Crippen LogP contribution in [0.4, 0.5) is 11.6 Å². The molecule has 4 heterocycles. The van der Waals surface area contributed by atoms with Gasteiger partial charge in [-0.3, -0.25) is 4.90 Å². The van der Waals surface area contributed by atoms with Crippen LogP contribution in [0.1, 0.15) is 31.4 Å². The summed E-state index contributed by atoms with van der Waals surface area (Å²) in [6.45, 7) is 8.27. The number of benzene rings is 1. The molecule has 164 valence electrons. The van der Waals surface area contributed by atoms with Crippen LogP contribution in [0.2, 0.25) is 0 Å². The van der Waals surface area contributed by atoms with Gasteiger partial charge in [0.1, 0.15) is 17.5 Å². The number of para-hydroxylation sites is 1. The van der Waals surface area contributed by atoms with Crippen LogP contribution in [0.5, 0.6) is 0 Å². The maximum Gasteiger partial charge on any atom is 0.258 e. The van der Waals surface area contributed by atoms with Gasteiger partial charge in [0.05, 0.1) is 12.1 Å². The van der Waals surface area contributed by atoms with Crippen LogP contribution in [0, 0.1) is 0 Å². The number of nitrogens with zero attached hydrogens (tertiary/aromatic N) is 7. The molecular weight excluding hydrogens is 404 g/mol. The zero-order valence-electron chi connectivity index (χ0n) is 18.3. The molecule has 0 unspecified atom stereocenters. The number of nitrogen functional groups attached to an aromatic ring is 1. The van der Waals surface area contributed by atoms with Gasteiger partial charge in [0, 0.05) is 49.2 Å².